The topological polar surface area (TPSA) is 54.4 Å². The molecule has 0 aromatic heterocycles. The van der Waals surface area contributed by atoms with Gasteiger partial charge in [-0.05, 0) is 35.9 Å². The molecule has 0 aliphatic heterocycles. The van der Waals surface area contributed by atoms with Gasteiger partial charge in [-0.25, -0.2) is 4.79 Å². The maximum Gasteiger partial charge on any atom is 0.335 e. The Morgan fingerprint density at radius 3 is 2.00 bits per heavy atom. The van der Waals surface area contributed by atoms with Gasteiger partial charge in [-0.2, -0.15) is 0 Å². The first-order valence-corrected chi connectivity index (χ1v) is 6.25. The number of rotatable bonds is 4. The van der Waals surface area contributed by atoms with Crippen LogP contribution >= 0.6 is 11.6 Å². The highest BCUT2D eigenvalue weighted by Crippen LogP contribution is 2.12. The van der Waals surface area contributed by atoms with Gasteiger partial charge in [0.1, 0.15) is 0 Å². The number of carboxylic acid groups (broad SMARTS) is 1. The zero-order valence-corrected chi connectivity index (χ0v) is 11.2. The Kier molecular flexibility index (Phi) is 4.33. The lowest BCUT2D eigenvalue weighted by Gasteiger charge is -1.98. The third-order valence-electron chi connectivity index (χ3n) is 2.71. The van der Waals surface area contributed by atoms with E-state index in [1.807, 2.05) is 0 Å². The highest BCUT2D eigenvalue weighted by Gasteiger charge is 2.05. The monoisotopic (exact) mass is 286 g/mol. The van der Waals surface area contributed by atoms with Crippen molar-refractivity contribution in [2.75, 3.05) is 0 Å². The molecule has 3 nitrogen and oxygen atoms in total. The summed E-state index contributed by atoms with van der Waals surface area (Å²) in [6, 6.07) is 12.9. The summed E-state index contributed by atoms with van der Waals surface area (Å²) in [5, 5.41) is 9.42. The molecule has 2 aromatic rings. The quantitative estimate of drug-likeness (QED) is 0.684. The molecule has 20 heavy (non-hydrogen) atoms. The van der Waals surface area contributed by atoms with Gasteiger partial charge in [0, 0.05) is 10.6 Å². The summed E-state index contributed by atoms with van der Waals surface area (Å²) in [5.74, 6) is -1.20. The van der Waals surface area contributed by atoms with Crippen LogP contribution in [-0.4, -0.2) is 16.9 Å². The highest BCUT2D eigenvalue weighted by atomic mass is 35.5. The molecule has 0 amide bonds. The van der Waals surface area contributed by atoms with Crippen LogP contribution in [0.4, 0.5) is 0 Å². The van der Waals surface area contributed by atoms with Gasteiger partial charge < -0.3 is 5.11 Å². The first kappa shape index (κ1) is 14.0. The number of carboxylic acids is 1. The van der Waals surface area contributed by atoms with Crippen LogP contribution in [0.1, 0.15) is 26.3 Å². The van der Waals surface area contributed by atoms with Crippen molar-refractivity contribution in [3.05, 3.63) is 76.3 Å². The van der Waals surface area contributed by atoms with Gasteiger partial charge in [0.25, 0.3) is 0 Å². The lowest BCUT2D eigenvalue weighted by atomic mass is 10.1. The lowest BCUT2D eigenvalue weighted by molar-refractivity contribution is 0.0696. The molecule has 0 atom stereocenters. The molecule has 100 valence electrons. The van der Waals surface area contributed by atoms with Crippen molar-refractivity contribution in [3.63, 3.8) is 0 Å². The fourth-order valence-corrected chi connectivity index (χ4v) is 1.75. The van der Waals surface area contributed by atoms with Gasteiger partial charge in [-0.1, -0.05) is 41.9 Å². The van der Waals surface area contributed by atoms with Crippen LogP contribution in [0.2, 0.25) is 5.02 Å². The highest BCUT2D eigenvalue weighted by molar-refractivity contribution is 6.30. The number of allylic oxidation sites excluding steroid dienone is 1. The van der Waals surface area contributed by atoms with Crippen LogP contribution in [0, 0.1) is 0 Å². The molecule has 0 radical (unpaired) electrons. The number of aromatic carboxylic acids is 1. The SMILES string of the molecule is O=C(O)c1ccc(C(=O)/C=C/c2ccc(Cl)cc2)cc1. The molecule has 0 unspecified atom stereocenters. The minimum atomic E-state index is -1.01. The molecule has 4 heteroatoms. The van der Waals surface area contributed by atoms with Crippen LogP contribution in [-0.2, 0) is 0 Å². The van der Waals surface area contributed by atoms with Gasteiger partial charge in [0.15, 0.2) is 5.78 Å². The van der Waals surface area contributed by atoms with E-state index in [1.165, 1.54) is 30.3 Å². The van der Waals surface area contributed by atoms with E-state index in [0.29, 0.717) is 10.6 Å². The molecule has 0 saturated carbocycles. The van der Waals surface area contributed by atoms with E-state index in [9.17, 15) is 9.59 Å². The predicted octanol–water partition coefficient (Wildman–Crippen LogP) is 3.93. The van der Waals surface area contributed by atoms with Crippen LogP contribution < -0.4 is 0 Å². The van der Waals surface area contributed by atoms with E-state index in [0.717, 1.165) is 5.56 Å². The Balaban J connectivity index is 2.11. The molecule has 0 bridgehead atoms. The molecule has 2 rings (SSSR count). The van der Waals surface area contributed by atoms with Crippen LogP contribution in [0.3, 0.4) is 0 Å². The Labute approximate surface area is 121 Å². The van der Waals surface area contributed by atoms with Crippen LogP contribution in [0.5, 0.6) is 0 Å². The Morgan fingerprint density at radius 2 is 1.45 bits per heavy atom. The second-order valence-corrected chi connectivity index (χ2v) is 4.57. The van der Waals surface area contributed by atoms with Gasteiger partial charge >= 0.3 is 5.97 Å². The summed E-state index contributed by atoms with van der Waals surface area (Å²) in [6.45, 7) is 0. The van der Waals surface area contributed by atoms with E-state index in [4.69, 9.17) is 16.7 Å². The van der Waals surface area contributed by atoms with Crippen molar-refractivity contribution in [2.24, 2.45) is 0 Å². The van der Waals surface area contributed by atoms with Crippen molar-refractivity contribution in [2.45, 2.75) is 0 Å². The molecular weight excluding hydrogens is 276 g/mol. The van der Waals surface area contributed by atoms with Gasteiger partial charge in [0.05, 0.1) is 5.56 Å². The number of carbonyl (C=O) groups is 2. The minimum Gasteiger partial charge on any atom is -0.478 e. The molecule has 0 spiro atoms. The zero-order chi connectivity index (χ0) is 14.5. The van der Waals surface area contributed by atoms with Gasteiger partial charge in [0.2, 0.25) is 0 Å². The molecule has 2 aromatic carbocycles. The third-order valence-corrected chi connectivity index (χ3v) is 2.97. The predicted molar refractivity (Wildman–Crippen MR) is 78.2 cm³/mol. The van der Waals surface area contributed by atoms with Crippen LogP contribution in [0.25, 0.3) is 6.08 Å². The maximum absolute atomic E-state index is 11.9. The third kappa shape index (κ3) is 3.56. The molecule has 0 heterocycles. The van der Waals surface area contributed by atoms with Crippen molar-refractivity contribution < 1.29 is 14.7 Å². The van der Waals surface area contributed by atoms with E-state index in [-0.39, 0.29) is 11.3 Å². The van der Waals surface area contributed by atoms with Gasteiger partial charge in [-0.15, -0.1) is 0 Å². The summed E-state index contributed by atoms with van der Waals surface area (Å²) in [7, 11) is 0. The summed E-state index contributed by atoms with van der Waals surface area (Å²) in [4.78, 5) is 22.6. The molecule has 0 aliphatic rings. The smallest absolute Gasteiger partial charge is 0.335 e. The zero-order valence-electron chi connectivity index (χ0n) is 10.4. The second-order valence-electron chi connectivity index (χ2n) is 4.13. The van der Waals surface area contributed by atoms with Gasteiger partial charge in [-0.3, -0.25) is 4.79 Å². The molecule has 0 saturated heterocycles. The Hall–Kier alpha value is -2.39. The molecule has 1 N–H and O–H groups in total. The Bertz CT molecular complexity index is 655. The minimum absolute atomic E-state index is 0.156. The molecule has 0 fully saturated rings. The second kappa shape index (κ2) is 6.17. The average molecular weight is 287 g/mol. The first-order chi connectivity index (χ1) is 9.56. The number of halogens is 1. The standard InChI is InChI=1S/C16H11ClO3/c17-14-8-1-11(2-9-14)3-10-15(18)12-4-6-13(7-5-12)16(19)20/h1-10H,(H,19,20)/b10-3+. The van der Waals surface area contributed by atoms with Crippen molar-refractivity contribution in [3.8, 4) is 0 Å². The number of hydrogen-bond donors (Lipinski definition) is 1. The van der Waals surface area contributed by atoms with Crippen molar-refractivity contribution in [1.82, 2.24) is 0 Å². The largest absolute Gasteiger partial charge is 0.478 e. The Morgan fingerprint density at radius 1 is 0.900 bits per heavy atom. The number of ketones is 1. The van der Waals surface area contributed by atoms with Crippen molar-refractivity contribution >= 4 is 29.4 Å². The van der Waals surface area contributed by atoms with Crippen LogP contribution in [0.15, 0.2) is 54.6 Å². The van der Waals surface area contributed by atoms with E-state index in [1.54, 1.807) is 30.3 Å². The first-order valence-electron chi connectivity index (χ1n) is 5.87. The maximum atomic E-state index is 11.9. The lowest BCUT2D eigenvalue weighted by Crippen LogP contribution is -1.98. The summed E-state index contributed by atoms with van der Waals surface area (Å²) in [6.07, 6.45) is 3.13. The van der Waals surface area contributed by atoms with E-state index >= 15 is 0 Å². The number of carbonyl (C=O) groups excluding carboxylic acids is 1. The number of hydrogen-bond acceptors (Lipinski definition) is 2. The summed E-state index contributed by atoms with van der Waals surface area (Å²) >= 11 is 5.77. The molecule has 0 aliphatic carbocycles. The number of benzene rings is 2. The summed E-state index contributed by atoms with van der Waals surface area (Å²) in [5.41, 5.74) is 1.47. The molecular formula is C16H11ClO3. The fraction of sp³-hybridized carbons (Fsp3) is 0. The van der Waals surface area contributed by atoms with Crippen molar-refractivity contribution in [1.29, 1.82) is 0 Å². The van der Waals surface area contributed by atoms with E-state index in [2.05, 4.69) is 0 Å². The summed E-state index contributed by atoms with van der Waals surface area (Å²) < 4.78 is 0. The van der Waals surface area contributed by atoms with E-state index < -0.39 is 5.97 Å². The normalized spacial score (nSPS) is 10.7. The average Bonchev–Trinajstić information content (AvgIpc) is 2.46. The fourth-order valence-electron chi connectivity index (χ4n) is 1.62.